The van der Waals surface area contributed by atoms with Crippen molar-refractivity contribution in [2.24, 2.45) is 0 Å². The molecule has 2 aromatic rings. The number of aryl methyl sites for hydroxylation is 1. The monoisotopic (exact) mass is 403 g/mol. The molecule has 0 bridgehead atoms. The van der Waals surface area contributed by atoms with Crippen molar-refractivity contribution in [2.75, 3.05) is 25.1 Å². The number of non-ortho nitro benzene ring substituents is 1. The van der Waals surface area contributed by atoms with E-state index in [2.05, 4.69) is 10.6 Å². The minimum atomic E-state index is -0.850. The van der Waals surface area contributed by atoms with Gasteiger partial charge in [-0.1, -0.05) is 12.1 Å². The summed E-state index contributed by atoms with van der Waals surface area (Å²) in [6, 6.07) is 8.12. The number of anilines is 1. The van der Waals surface area contributed by atoms with E-state index >= 15 is 0 Å². The van der Waals surface area contributed by atoms with Crippen LogP contribution in [0.25, 0.3) is 0 Å². The Labute approximate surface area is 166 Å². The maximum absolute atomic E-state index is 12.3. The van der Waals surface area contributed by atoms with E-state index in [4.69, 9.17) is 4.74 Å². The van der Waals surface area contributed by atoms with Crippen LogP contribution in [-0.2, 0) is 19.7 Å². The first-order valence-electron chi connectivity index (χ1n) is 8.87. The average Bonchev–Trinajstić information content (AvgIpc) is 3.24. The van der Waals surface area contributed by atoms with Gasteiger partial charge < -0.3 is 15.4 Å². The van der Waals surface area contributed by atoms with Crippen molar-refractivity contribution in [3.8, 4) is 0 Å². The van der Waals surface area contributed by atoms with Crippen LogP contribution in [-0.4, -0.2) is 36.5 Å². The minimum Gasteiger partial charge on any atom is -0.381 e. The zero-order valence-corrected chi connectivity index (χ0v) is 16.2. The normalized spacial score (nSPS) is 15.6. The van der Waals surface area contributed by atoms with E-state index in [1.807, 2.05) is 17.5 Å². The Hall–Kier alpha value is -2.78. The molecule has 2 heterocycles. The lowest BCUT2D eigenvalue weighted by atomic mass is 9.78. The highest BCUT2D eigenvalue weighted by Gasteiger charge is 2.36. The molecule has 0 aliphatic carbocycles. The van der Waals surface area contributed by atoms with Gasteiger partial charge in [0, 0.05) is 42.2 Å². The molecule has 1 aliphatic heterocycles. The van der Waals surface area contributed by atoms with Gasteiger partial charge in [0.1, 0.15) is 0 Å². The smallest absolute Gasteiger partial charge is 0.313 e. The van der Waals surface area contributed by atoms with Crippen molar-refractivity contribution >= 4 is 34.5 Å². The summed E-state index contributed by atoms with van der Waals surface area (Å²) >= 11 is 1.63. The van der Waals surface area contributed by atoms with Gasteiger partial charge in [-0.3, -0.25) is 19.7 Å². The van der Waals surface area contributed by atoms with Gasteiger partial charge in [0.25, 0.3) is 5.69 Å². The van der Waals surface area contributed by atoms with Crippen LogP contribution >= 0.6 is 11.3 Å². The number of carbonyl (C=O) groups excluding carboxylic acids is 2. The summed E-state index contributed by atoms with van der Waals surface area (Å²) in [4.78, 5) is 36.2. The number of hydrogen-bond acceptors (Lipinski definition) is 6. The van der Waals surface area contributed by atoms with Crippen molar-refractivity contribution in [1.82, 2.24) is 5.32 Å². The van der Waals surface area contributed by atoms with Crippen LogP contribution in [0.4, 0.5) is 11.4 Å². The number of nitro groups is 1. The molecule has 1 aromatic heterocycles. The predicted molar refractivity (Wildman–Crippen MR) is 106 cm³/mol. The molecule has 0 radical (unpaired) electrons. The topological polar surface area (TPSA) is 111 Å². The molecule has 0 saturated carbocycles. The third kappa shape index (κ3) is 4.37. The van der Waals surface area contributed by atoms with Crippen molar-refractivity contribution in [3.63, 3.8) is 0 Å². The number of rotatable bonds is 5. The molecular weight excluding hydrogens is 382 g/mol. The summed E-state index contributed by atoms with van der Waals surface area (Å²) in [7, 11) is 0. The lowest BCUT2D eigenvalue weighted by Crippen LogP contribution is -2.46. The second-order valence-electron chi connectivity index (χ2n) is 6.76. The summed E-state index contributed by atoms with van der Waals surface area (Å²) in [5, 5.41) is 18.1. The standard InChI is InChI=1S/C19H21N3O5S/c1-13-4-5-14(22(25)26)11-15(13)21-18(24)17(23)20-12-19(6-8-27-9-7-19)16-3-2-10-28-16/h2-5,10-11H,6-9,12H2,1H3,(H,20,23)(H,21,24). The Kier molecular flexibility index (Phi) is 6.05. The van der Waals surface area contributed by atoms with Crippen molar-refractivity contribution in [2.45, 2.75) is 25.2 Å². The molecule has 2 amide bonds. The molecular formula is C19H21N3O5S. The number of thiophene rings is 1. The van der Waals surface area contributed by atoms with Crippen LogP contribution in [0.2, 0.25) is 0 Å². The number of ether oxygens (including phenoxy) is 1. The molecule has 9 heteroatoms. The molecule has 28 heavy (non-hydrogen) atoms. The van der Waals surface area contributed by atoms with Crippen LogP contribution in [0.5, 0.6) is 0 Å². The van der Waals surface area contributed by atoms with Gasteiger partial charge in [-0.15, -0.1) is 11.3 Å². The van der Waals surface area contributed by atoms with E-state index < -0.39 is 16.7 Å². The quantitative estimate of drug-likeness (QED) is 0.453. The fourth-order valence-corrected chi connectivity index (χ4v) is 4.21. The summed E-state index contributed by atoms with van der Waals surface area (Å²) in [6.07, 6.45) is 1.53. The molecule has 0 spiro atoms. The molecule has 8 nitrogen and oxygen atoms in total. The Morgan fingerprint density at radius 3 is 2.64 bits per heavy atom. The average molecular weight is 403 g/mol. The number of benzene rings is 1. The number of amides is 2. The summed E-state index contributed by atoms with van der Waals surface area (Å²) in [5.74, 6) is -1.62. The summed E-state index contributed by atoms with van der Waals surface area (Å²) in [5.41, 5.74) is 0.476. The maximum atomic E-state index is 12.3. The third-order valence-corrected chi connectivity index (χ3v) is 6.08. The maximum Gasteiger partial charge on any atom is 0.313 e. The zero-order valence-electron chi connectivity index (χ0n) is 15.4. The SMILES string of the molecule is Cc1ccc([N+](=O)[O-])cc1NC(=O)C(=O)NCC1(c2cccs2)CCOCC1. The van der Waals surface area contributed by atoms with Crippen LogP contribution < -0.4 is 10.6 Å². The highest BCUT2D eigenvalue weighted by Crippen LogP contribution is 2.37. The van der Waals surface area contributed by atoms with Gasteiger partial charge in [0.2, 0.25) is 0 Å². The molecule has 0 unspecified atom stereocenters. The lowest BCUT2D eigenvalue weighted by molar-refractivity contribution is -0.384. The number of nitrogens with zero attached hydrogens (tertiary/aromatic N) is 1. The van der Waals surface area contributed by atoms with Crippen LogP contribution in [0.15, 0.2) is 35.7 Å². The second kappa shape index (κ2) is 8.49. The minimum absolute atomic E-state index is 0.153. The Bertz CT molecular complexity index is 876. The largest absolute Gasteiger partial charge is 0.381 e. The highest BCUT2D eigenvalue weighted by molar-refractivity contribution is 7.10. The van der Waals surface area contributed by atoms with Crippen molar-refractivity contribution in [1.29, 1.82) is 0 Å². The van der Waals surface area contributed by atoms with Crippen molar-refractivity contribution < 1.29 is 19.2 Å². The molecule has 0 atom stereocenters. The lowest BCUT2D eigenvalue weighted by Gasteiger charge is -2.36. The number of carbonyl (C=O) groups is 2. The van der Waals surface area contributed by atoms with Crippen molar-refractivity contribution in [3.05, 3.63) is 56.3 Å². The second-order valence-corrected chi connectivity index (χ2v) is 7.71. The summed E-state index contributed by atoms with van der Waals surface area (Å²) in [6.45, 7) is 3.24. The number of hydrogen-bond donors (Lipinski definition) is 2. The fourth-order valence-electron chi connectivity index (χ4n) is 3.22. The Balaban J connectivity index is 1.66. The van der Waals surface area contributed by atoms with Gasteiger partial charge in [0.05, 0.1) is 10.6 Å². The summed E-state index contributed by atoms with van der Waals surface area (Å²) < 4.78 is 5.46. The third-order valence-electron chi connectivity index (χ3n) is 4.97. The van der Waals surface area contributed by atoms with E-state index in [9.17, 15) is 19.7 Å². The van der Waals surface area contributed by atoms with E-state index in [1.165, 1.54) is 18.2 Å². The van der Waals surface area contributed by atoms with E-state index in [0.717, 1.165) is 17.7 Å². The molecule has 148 valence electrons. The first-order valence-corrected chi connectivity index (χ1v) is 9.75. The molecule has 1 aromatic carbocycles. The van der Waals surface area contributed by atoms with E-state index in [-0.39, 0.29) is 16.8 Å². The first kappa shape index (κ1) is 20.0. The fraction of sp³-hybridized carbons (Fsp3) is 0.368. The van der Waals surface area contributed by atoms with E-state index in [1.54, 1.807) is 18.3 Å². The predicted octanol–water partition coefficient (Wildman–Crippen LogP) is 2.77. The van der Waals surface area contributed by atoms with E-state index in [0.29, 0.717) is 25.3 Å². The zero-order chi connectivity index (χ0) is 20.1. The number of nitro benzene ring substituents is 1. The van der Waals surface area contributed by atoms with Gasteiger partial charge in [0.15, 0.2) is 0 Å². The van der Waals surface area contributed by atoms with Crippen LogP contribution in [0.3, 0.4) is 0 Å². The Morgan fingerprint density at radius 1 is 1.25 bits per heavy atom. The van der Waals surface area contributed by atoms with Crippen LogP contribution in [0, 0.1) is 17.0 Å². The molecule has 1 fully saturated rings. The van der Waals surface area contributed by atoms with Crippen LogP contribution in [0.1, 0.15) is 23.3 Å². The first-order chi connectivity index (χ1) is 13.4. The highest BCUT2D eigenvalue weighted by atomic mass is 32.1. The van der Waals surface area contributed by atoms with Gasteiger partial charge in [-0.25, -0.2) is 0 Å². The van der Waals surface area contributed by atoms with Gasteiger partial charge in [-0.2, -0.15) is 0 Å². The number of nitrogens with one attached hydrogen (secondary N) is 2. The molecule has 1 aliphatic rings. The van der Waals surface area contributed by atoms with Gasteiger partial charge >= 0.3 is 11.8 Å². The van der Waals surface area contributed by atoms with Gasteiger partial charge in [-0.05, 0) is 36.8 Å². The molecule has 3 rings (SSSR count). The molecule has 2 N–H and O–H groups in total. The Morgan fingerprint density at radius 2 is 2.00 bits per heavy atom. The molecule has 1 saturated heterocycles.